The maximum Gasteiger partial charge on any atom is 0.167 e. The highest BCUT2D eigenvalue weighted by atomic mass is 16.8. The minimum absolute atomic E-state index is 0.00202. The van der Waals surface area contributed by atoms with Crippen LogP contribution < -0.4 is 0 Å². The van der Waals surface area contributed by atoms with Crippen molar-refractivity contribution in [1.82, 2.24) is 0 Å². The van der Waals surface area contributed by atoms with E-state index in [0.29, 0.717) is 13.0 Å². The predicted molar refractivity (Wildman–Crippen MR) is 105 cm³/mol. The van der Waals surface area contributed by atoms with E-state index in [1.807, 2.05) is 51.1 Å². The van der Waals surface area contributed by atoms with Crippen LogP contribution in [-0.2, 0) is 25.4 Å². The van der Waals surface area contributed by atoms with Crippen molar-refractivity contribution in [2.45, 2.75) is 70.2 Å². The summed E-state index contributed by atoms with van der Waals surface area (Å²) in [6, 6.07) is 9.57. The third-order valence-electron chi connectivity index (χ3n) is 6.68. The van der Waals surface area contributed by atoms with Gasteiger partial charge in [-0.15, -0.1) is 0 Å². The van der Waals surface area contributed by atoms with Crippen molar-refractivity contribution in [3.8, 4) is 0 Å². The number of azide groups is 1. The van der Waals surface area contributed by atoms with Gasteiger partial charge in [-0.3, -0.25) is 0 Å². The van der Waals surface area contributed by atoms with E-state index < -0.39 is 24.7 Å². The van der Waals surface area contributed by atoms with Crippen LogP contribution in [0.1, 0.15) is 26.3 Å². The summed E-state index contributed by atoms with van der Waals surface area (Å²) in [6.45, 7) is 6.47. The zero-order chi connectivity index (χ0) is 20.5. The largest absolute Gasteiger partial charge is 0.390 e. The topological polar surface area (TPSA) is 106 Å². The Morgan fingerprint density at radius 3 is 2.62 bits per heavy atom. The highest BCUT2D eigenvalue weighted by molar-refractivity contribution is 5.16. The summed E-state index contributed by atoms with van der Waals surface area (Å²) in [4.78, 5) is 2.95. The summed E-state index contributed by atoms with van der Waals surface area (Å²) >= 11 is 0. The second kappa shape index (κ2) is 8.60. The molecule has 29 heavy (non-hydrogen) atoms. The average molecular weight is 403 g/mol. The average Bonchev–Trinajstić information content (AvgIpc) is 3.17. The number of nitrogens with zero attached hydrogens (tertiary/aromatic N) is 3. The molecule has 8 heteroatoms. The van der Waals surface area contributed by atoms with Crippen LogP contribution in [0.4, 0.5) is 0 Å². The molecule has 4 rings (SSSR count). The molecule has 1 aromatic carbocycles. The summed E-state index contributed by atoms with van der Waals surface area (Å²) in [5, 5.41) is 14.7. The SMILES string of the molecule is CC1C(OC2C3COC(O3)C(N=[N+]=[N-])C2C)OC(Cc2ccccc2)C(O)C1C. The maximum atomic E-state index is 10.8. The lowest BCUT2D eigenvalue weighted by Crippen LogP contribution is -2.55. The van der Waals surface area contributed by atoms with E-state index in [1.165, 1.54) is 0 Å². The molecule has 0 saturated carbocycles. The Balaban J connectivity index is 1.50. The molecule has 0 aliphatic carbocycles. The highest BCUT2D eigenvalue weighted by Crippen LogP contribution is 2.39. The standard InChI is InChI=1S/C21H29N3O5/c1-11-12(2)20(27-15(18(11)25)9-14-7-5-4-6-8-14)29-19-13(3)17(23-24-22)21-26-10-16(19)28-21/h4-8,11-13,15-21,25H,9-10H2,1-3H3. The third kappa shape index (κ3) is 4.01. The predicted octanol–water partition coefficient (Wildman–Crippen LogP) is 3.04. The Bertz CT molecular complexity index is 743. The van der Waals surface area contributed by atoms with Crippen LogP contribution in [0.15, 0.2) is 35.4 Å². The fourth-order valence-electron chi connectivity index (χ4n) is 4.60. The molecule has 3 aliphatic rings. The van der Waals surface area contributed by atoms with Crippen LogP contribution in [0.3, 0.4) is 0 Å². The lowest BCUT2D eigenvalue weighted by Gasteiger charge is -2.46. The van der Waals surface area contributed by atoms with Gasteiger partial charge in [-0.25, -0.2) is 0 Å². The van der Waals surface area contributed by atoms with E-state index >= 15 is 0 Å². The smallest absolute Gasteiger partial charge is 0.167 e. The zero-order valence-electron chi connectivity index (χ0n) is 17.0. The van der Waals surface area contributed by atoms with E-state index in [1.54, 1.807) is 0 Å². The first-order valence-electron chi connectivity index (χ1n) is 10.3. The molecule has 2 bridgehead atoms. The van der Waals surface area contributed by atoms with Crippen LogP contribution in [0.2, 0.25) is 0 Å². The van der Waals surface area contributed by atoms with Crippen LogP contribution in [0.5, 0.6) is 0 Å². The van der Waals surface area contributed by atoms with Gasteiger partial charge >= 0.3 is 0 Å². The summed E-state index contributed by atoms with van der Waals surface area (Å²) in [5.41, 5.74) is 10.0. The van der Waals surface area contributed by atoms with Gasteiger partial charge in [0.1, 0.15) is 6.10 Å². The zero-order valence-corrected chi connectivity index (χ0v) is 17.0. The Labute approximate surface area is 170 Å². The molecule has 3 aliphatic heterocycles. The first kappa shape index (κ1) is 20.6. The molecule has 158 valence electrons. The van der Waals surface area contributed by atoms with Gasteiger partial charge in [0.15, 0.2) is 12.6 Å². The minimum atomic E-state index is -0.569. The summed E-state index contributed by atoms with van der Waals surface area (Å²) in [7, 11) is 0. The molecule has 0 aromatic heterocycles. The molecule has 0 amide bonds. The highest BCUT2D eigenvalue weighted by Gasteiger charge is 2.51. The first-order valence-corrected chi connectivity index (χ1v) is 10.3. The molecule has 10 unspecified atom stereocenters. The third-order valence-corrected chi connectivity index (χ3v) is 6.68. The summed E-state index contributed by atoms with van der Waals surface area (Å²) in [5.74, 6) is -0.0485. The van der Waals surface area contributed by atoms with E-state index in [-0.39, 0.29) is 36.1 Å². The van der Waals surface area contributed by atoms with Crippen molar-refractivity contribution in [3.05, 3.63) is 46.3 Å². The molecule has 0 radical (unpaired) electrons. The maximum absolute atomic E-state index is 10.8. The van der Waals surface area contributed by atoms with Crippen molar-refractivity contribution in [3.63, 3.8) is 0 Å². The van der Waals surface area contributed by atoms with Gasteiger partial charge in [-0.05, 0) is 22.9 Å². The van der Waals surface area contributed by atoms with Gasteiger partial charge in [0.25, 0.3) is 0 Å². The van der Waals surface area contributed by atoms with Crippen LogP contribution in [0.25, 0.3) is 10.4 Å². The van der Waals surface area contributed by atoms with Gasteiger partial charge < -0.3 is 24.1 Å². The number of hydrogen-bond acceptors (Lipinski definition) is 6. The van der Waals surface area contributed by atoms with Crippen molar-refractivity contribution in [2.24, 2.45) is 22.9 Å². The van der Waals surface area contributed by atoms with Gasteiger partial charge in [-0.1, -0.05) is 56.2 Å². The number of fused-ring (bicyclic) bond motifs is 2. The fraction of sp³-hybridized carbons (Fsp3) is 0.714. The lowest BCUT2D eigenvalue weighted by molar-refractivity contribution is -0.299. The number of ether oxygens (including phenoxy) is 4. The van der Waals surface area contributed by atoms with Crippen molar-refractivity contribution < 1.29 is 24.1 Å². The molecule has 3 heterocycles. The molecule has 0 spiro atoms. The summed E-state index contributed by atoms with van der Waals surface area (Å²) < 4.78 is 24.2. The quantitative estimate of drug-likeness (QED) is 0.462. The van der Waals surface area contributed by atoms with Gasteiger partial charge in [0.2, 0.25) is 0 Å². The van der Waals surface area contributed by atoms with E-state index in [0.717, 1.165) is 5.56 Å². The van der Waals surface area contributed by atoms with E-state index in [4.69, 9.17) is 24.5 Å². The van der Waals surface area contributed by atoms with Crippen molar-refractivity contribution in [2.75, 3.05) is 6.61 Å². The molecule has 8 nitrogen and oxygen atoms in total. The molecule has 10 atom stereocenters. The number of benzene rings is 1. The van der Waals surface area contributed by atoms with Crippen molar-refractivity contribution >= 4 is 0 Å². The van der Waals surface area contributed by atoms with Crippen molar-refractivity contribution in [1.29, 1.82) is 0 Å². The second-order valence-electron chi connectivity index (χ2n) is 8.47. The van der Waals surface area contributed by atoms with Crippen LogP contribution >= 0.6 is 0 Å². The Kier molecular flexibility index (Phi) is 6.11. The lowest BCUT2D eigenvalue weighted by atomic mass is 9.82. The van der Waals surface area contributed by atoms with E-state index in [2.05, 4.69) is 10.0 Å². The Morgan fingerprint density at radius 1 is 1.14 bits per heavy atom. The molecule has 3 saturated heterocycles. The minimum Gasteiger partial charge on any atom is -0.390 e. The molecule has 1 aromatic rings. The number of aliphatic hydroxyl groups excluding tert-OH is 1. The van der Waals surface area contributed by atoms with Crippen LogP contribution in [-0.4, -0.2) is 54.8 Å². The van der Waals surface area contributed by atoms with Gasteiger partial charge in [0.05, 0.1) is 31.0 Å². The Morgan fingerprint density at radius 2 is 1.90 bits per heavy atom. The fourth-order valence-corrected chi connectivity index (χ4v) is 4.60. The summed E-state index contributed by atoms with van der Waals surface area (Å²) in [6.07, 6.45) is -1.83. The monoisotopic (exact) mass is 403 g/mol. The normalized spacial score (nSPS) is 44.3. The molecule has 3 fully saturated rings. The molecular weight excluding hydrogens is 374 g/mol. The number of hydrogen-bond donors (Lipinski definition) is 1. The van der Waals surface area contributed by atoms with Crippen LogP contribution in [0, 0.1) is 17.8 Å². The molecular formula is C21H29N3O5. The van der Waals surface area contributed by atoms with Gasteiger partial charge in [0, 0.05) is 17.3 Å². The number of aliphatic hydroxyl groups is 1. The first-order chi connectivity index (χ1) is 14.0. The van der Waals surface area contributed by atoms with E-state index in [9.17, 15) is 5.11 Å². The molecule has 1 N–H and O–H groups in total. The van der Waals surface area contributed by atoms with Gasteiger partial charge in [-0.2, -0.15) is 0 Å². The second-order valence-corrected chi connectivity index (χ2v) is 8.47. The Hall–Kier alpha value is -1.67. The number of rotatable bonds is 5.